The van der Waals surface area contributed by atoms with Crippen molar-refractivity contribution in [3.8, 4) is 11.4 Å². The van der Waals surface area contributed by atoms with Crippen LogP contribution in [0.3, 0.4) is 0 Å². The molecule has 0 saturated carbocycles. The molecule has 1 unspecified atom stereocenters. The summed E-state index contributed by atoms with van der Waals surface area (Å²) in [6.07, 6.45) is -0.909. The molecule has 0 bridgehead atoms. The van der Waals surface area contributed by atoms with Gasteiger partial charge in [0, 0.05) is 12.6 Å². The minimum Gasteiger partial charge on any atom is -0.476 e. The normalized spacial score (nSPS) is 11.7. The Bertz CT molecular complexity index is 1230. The molecule has 0 fully saturated rings. The summed E-state index contributed by atoms with van der Waals surface area (Å²) < 4.78 is 9.26. The lowest BCUT2D eigenvalue weighted by molar-refractivity contribution is -0.123. The first-order chi connectivity index (χ1) is 15.1. The number of ether oxygens (including phenoxy) is 1. The van der Waals surface area contributed by atoms with Gasteiger partial charge in [0.15, 0.2) is 0 Å². The molecule has 31 heavy (non-hydrogen) atoms. The van der Waals surface area contributed by atoms with Crippen LogP contribution in [0.5, 0.6) is 5.75 Å². The Balaban J connectivity index is 1.69. The van der Waals surface area contributed by atoms with E-state index in [9.17, 15) is 9.59 Å². The third-order valence-electron chi connectivity index (χ3n) is 5.14. The van der Waals surface area contributed by atoms with Crippen LogP contribution in [0.15, 0.2) is 95.8 Å². The van der Waals surface area contributed by atoms with Gasteiger partial charge in [-0.05, 0) is 31.2 Å². The summed E-state index contributed by atoms with van der Waals surface area (Å²) in [5.41, 5.74) is 1.99. The Morgan fingerprint density at radius 3 is 2.03 bits per heavy atom. The number of carbonyl (C=O) groups is 1. The van der Waals surface area contributed by atoms with E-state index in [4.69, 9.17) is 4.74 Å². The Hall–Kier alpha value is -4.06. The Labute approximate surface area is 180 Å². The second-order valence-corrected chi connectivity index (χ2v) is 7.15. The van der Waals surface area contributed by atoms with Gasteiger partial charge in [-0.15, -0.1) is 0 Å². The maximum absolute atomic E-state index is 13.3. The van der Waals surface area contributed by atoms with E-state index in [1.807, 2.05) is 78.9 Å². The number of rotatable bonds is 6. The van der Waals surface area contributed by atoms with E-state index in [0.29, 0.717) is 17.0 Å². The molecule has 3 aromatic carbocycles. The summed E-state index contributed by atoms with van der Waals surface area (Å²) in [6, 6.07) is 27.7. The van der Waals surface area contributed by atoms with E-state index in [1.165, 1.54) is 4.68 Å². The van der Waals surface area contributed by atoms with Crippen LogP contribution in [-0.4, -0.2) is 15.3 Å². The molecule has 6 heteroatoms. The minimum atomic E-state index is -0.909. The number of anilines is 1. The topological polar surface area (TPSA) is 65.3 Å². The second kappa shape index (κ2) is 8.75. The molecular weight excluding hydrogens is 390 g/mol. The first-order valence-corrected chi connectivity index (χ1v) is 9.98. The van der Waals surface area contributed by atoms with Gasteiger partial charge in [0.05, 0.1) is 11.4 Å². The fraction of sp³-hybridized carbons (Fsp3) is 0.120. The Morgan fingerprint density at radius 2 is 1.42 bits per heavy atom. The van der Waals surface area contributed by atoms with Gasteiger partial charge in [0.2, 0.25) is 6.10 Å². The number of nitrogens with one attached hydrogen (secondary N) is 1. The van der Waals surface area contributed by atoms with Gasteiger partial charge in [-0.3, -0.25) is 14.3 Å². The molecule has 0 radical (unpaired) electrons. The number of aromatic nitrogens is 2. The number of nitrogens with zero attached hydrogens (tertiary/aromatic N) is 2. The monoisotopic (exact) mass is 413 g/mol. The smallest absolute Gasteiger partial charge is 0.295 e. The first-order valence-electron chi connectivity index (χ1n) is 9.98. The SMILES string of the molecule is Cc1c(NC(=O)C(Oc2ccccc2)c2ccccc2)c(=O)n(-c2ccccc2)n1C. The average Bonchev–Trinajstić information content (AvgIpc) is 3.02. The quantitative estimate of drug-likeness (QED) is 0.514. The number of benzene rings is 3. The molecule has 1 heterocycles. The van der Waals surface area contributed by atoms with Gasteiger partial charge in [0.1, 0.15) is 11.4 Å². The van der Waals surface area contributed by atoms with E-state index < -0.39 is 12.0 Å². The molecule has 0 aliphatic rings. The van der Waals surface area contributed by atoms with Gasteiger partial charge < -0.3 is 10.1 Å². The van der Waals surface area contributed by atoms with Crippen LogP contribution >= 0.6 is 0 Å². The molecular formula is C25H23N3O3. The van der Waals surface area contributed by atoms with Crippen molar-refractivity contribution >= 4 is 11.6 Å². The maximum atomic E-state index is 13.3. The molecule has 1 aromatic heterocycles. The summed E-state index contributed by atoms with van der Waals surface area (Å²) >= 11 is 0. The van der Waals surface area contributed by atoms with Crippen molar-refractivity contribution in [2.75, 3.05) is 5.32 Å². The Kier molecular flexibility index (Phi) is 5.71. The predicted octanol–water partition coefficient (Wildman–Crippen LogP) is 4.24. The molecule has 0 aliphatic carbocycles. The average molecular weight is 413 g/mol. The molecule has 1 atom stereocenters. The minimum absolute atomic E-state index is 0.231. The third kappa shape index (κ3) is 4.14. The highest BCUT2D eigenvalue weighted by molar-refractivity contribution is 5.95. The summed E-state index contributed by atoms with van der Waals surface area (Å²) in [4.78, 5) is 26.4. The summed E-state index contributed by atoms with van der Waals surface area (Å²) in [5, 5.41) is 2.81. The lowest BCUT2D eigenvalue weighted by Gasteiger charge is -2.19. The number of hydrogen-bond acceptors (Lipinski definition) is 3. The number of hydrogen-bond donors (Lipinski definition) is 1. The van der Waals surface area contributed by atoms with E-state index in [1.54, 1.807) is 30.8 Å². The second-order valence-electron chi connectivity index (χ2n) is 7.15. The van der Waals surface area contributed by atoms with Gasteiger partial charge in [-0.25, -0.2) is 4.68 Å². The third-order valence-corrected chi connectivity index (χ3v) is 5.14. The molecule has 0 saturated heterocycles. The standard InChI is InChI=1S/C25H23N3O3/c1-18-22(25(30)28(27(18)2)20-14-8-4-9-15-20)26-24(29)23(19-12-6-3-7-13-19)31-21-16-10-5-11-17-21/h3-17,23H,1-2H3,(H,26,29). The lowest BCUT2D eigenvalue weighted by atomic mass is 10.1. The molecule has 4 rings (SSSR count). The zero-order valence-electron chi connectivity index (χ0n) is 17.4. The van der Waals surface area contributed by atoms with E-state index >= 15 is 0 Å². The predicted molar refractivity (Wildman–Crippen MR) is 121 cm³/mol. The van der Waals surface area contributed by atoms with Crippen molar-refractivity contribution in [1.82, 2.24) is 9.36 Å². The highest BCUT2D eigenvalue weighted by atomic mass is 16.5. The van der Waals surface area contributed by atoms with Crippen molar-refractivity contribution in [3.05, 3.63) is 113 Å². The van der Waals surface area contributed by atoms with Crippen molar-refractivity contribution in [1.29, 1.82) is 0 Å². The largest absolute Gasteiger partial charge is 0.476 e. The molecule has 156 valence electrons. The zero-order valence-corrected chi connectivity index (χ0v) is 17.4. The molecule has 1 amide bonds. The van der Waals surface area contributed by atoms with Crippen LogP contribution in [0, 0.1) is 6.92 Å². The molecule has 0 spiro atoms. The Morgan fingerprint density at radius 1 is 0.871 bits per heavy atom. The van der Waals surface area contributed by atoms with E-state index in [0.717, 1.165) is 5.69 Å². The summed E-state index contributed by atoms with van der Waals surface area (Å²) in [7, 11) is 1.79. The van der Waals surface area contributed by atoms with Crippen LogP contribution in [0.1, 0.15) is 17.4 Å². The van der Waals surface area contributed by atoms with Crippen molar-refractivity contribution in [2.24, 2.45) is 7.05 Å². The number of amides is 1. The highest BCUT2D eigenvalue weighted by Gasteiger charge is 2.26. The van der Waals surface area contributed by atoms with Crippen LogP contribution in [0.4, 0.5) is 5.69 Å². The van der Waals surface area contributed by atoms with E-state index in [-0.39, 0.29) is 11.2 Å². The van der Waals surface area contributed by atoms with Crippen molar-refractivity contribution in [2.45, 2.75) is 13.0 Å². The first kappa shape index (κ1) is 20.2. The lowest BCUT2D eigenvalue weighted by Crippen LogP contribution is -2.29. The van der Waals surface area contributed by atoms with Crippen molar-refractivity contribution < 1.29 is 9.53 Å². The zero-order chi connectivity index (χ0) is 21.8. The fourth-order valence-electron chi connectivity index (χ4n) is 3.44. The van der Waals surface area contributed by atoms with Gasteiger partial charge in [-0.2, -0.15) is 0 Å². The van der Waals surface area contributed by atoms with Gasteiger partial charge >= 0.3 is 0 Å². The molecule has 6 nitrogen and oxygen atoms in total. The van der Waals surface area contributed by atoms with Crippen LogP contribution in [0.25, 0.3) is 5.69 Å². The maximum Gasteiger partial charge on any atom is 0.295 e. The van der Waals surface area contributed by atoms with Crippen LogP contribution < -0.4 is 15.6 Å². The number of para-hydroxylation sites is 2. The molecule has 0 aliphatic heterocycles. The van der Waals surface area contributed by atoms with Gasteiger partial charge in [0.25, 0.3) is 11.5 Å². The van der Waals surface area contributed by atoms with Crippen LogP contribution in [0.2, 0.25) is 0 Å². The van der Waals surface area contributed by atoms with Gasteiger partial charge in [-0.1, -0.05) is 66.7 Å². The van der Waals surface area contributed by atoms with E-state index in [2.05, 4.69) is 5.32 Å². The summed E-state index contributed by atoms with van der Waals surface area (Å²) in [6.45, 7) is 1.80. The summed E-state index contributed by atoms with van der Waals surface area (Å²) in [5.74, 6) is 0.152. The molecule has 4 aromatic rings. The van der Waals surface area contributed by atoms with Crippen LogP contribution in [-0.2, 0) is 11.8 Å². The number of carbonyl (C=O) groups excluding carboxylic acids is 1. The van der Waals surface area contributed by atoms with Crippen molar-refractivity contribution in [3.63, 3.8) is 0 Å². The fourth-order valence-corrected chi connectivity index (χ4v) is 3.44. The molecule has 1 N–H and O–H groups in total. The highest BCUT2D eigenvalue weighted by Crippen LogP contribution is 2.24.